The number of anilines is 1. The van der Waals surface area contributed by atoms with Crippen molar-refractivity contribution >= 4 is 29.0 Å². The Labute approximate surface area is 127 Å². The van der Waals surface area contributed by atoms with Crippen molar-refractivity contribution in [2.75, 3.05) is 11.9 Å². The van der Waals surface area contributed by atoms with E-state index in [0.717, 1.165) is 4.90 Å². The molecule has 0 atom stereocenters. The highest BCUT2D eigenvalue weighted by Crippen LogP contribution is 2.26. The van der Waals surface area contributed by atoms with E-state index in [4.69, 9.17) is 16.9 Å². The molecule has 0 fully saturated rings. The number of nitriles is 1. The second-order valence-corrected chi connectivity index (χ2v) is 4.77. The lowest BCUT2D eigenvalue weighted by Gasteiger charge is -2.17. The lowest BCUT2D eigenvalue weighted by Crippen LogP contribution is -2.26. The van der Waals surface area contributed by atoms with Gasteiger partial charge in [0.15, 0.2) is 11.9 Å². The van der Waals surface area contributed by atoms with Gasteiger partial charge in [0.2, 0.25) is 0 Å². The van der Waals surface area contributed by atoms with Crippen LogP contribution in [0.1, 0.15) is 15.9 Å². The van der Waals surface area contributed by atoms with Gasteiger partial charge in [-0.05, 0) is 18.2 Å². The number of hydrogen-bond acceptors (Lipinski definition) is 3. The SMILES string of the molecule is CN(C(=O)C#N)c1ccc(Cl)cc1C(=O)c1ccccc1. The zero-order valence-corrected chi connectivity index (χ0v) is 12.0. The molecule has 2 aromatic carbocycles. The van der Waals surface area contributed by atoms with Crippen molar-refractivity contribution in [1.82, 2.24) is 0 Å². The van der Waals surface area contributed by atoms with Gasteiger partial charge >= 0.3 is 5.91 Å². The maximum absolute atomic E-state index is 12.6. The first-order valence-electron chi connectivity index (χ1n) is 6.11. The van der Waals surface area contributed by atoms with Gasteiger partial charge in [-0.1, -0.05) is 41.9 Å². The van der Waals surface area contributed by atoms with Gasteiger partial charge in [0.1, 0.15) is 0 Å². The number of hydrogen-bond donors (Lipinski definition) is 0. The molecule has 4 nitrogen and oxygen atoms in total. The summed E-state index contributed by atoms with van der Waals surface area (Å²) in [6.07, 6.45) is 0. The fraction of sp³-hybridized carbons (Fsp3) is 0.0625. The summed E-state index contributed by atoms with van der Waals surface area (Å²) >= 11 is 5.95. The van der Waals surface area contributed by atoms with Crippen molar-refractivity contribution < 1.29 is 9.59 Å². The number of rotatable bonds is 3. The monoisotopic (exact) mass is 298 g/mol. The normalized spacial score (nSPS) is 9.76. The maximum atomic E-state index is 12.6. The van der Waals surface area contributed by atoms with E-state index in [1.807, 2.05) is 0 Å². The van der Waals surface area contributed by atoms with E-state index in [1.54, 1.807) is 42.5 Å². The Morgan fingerprint density at radius 3 is 2.43 bits per heavy atom. The average Bonchev–Trinajstić information content (AvgIpc) is 2.53. The third-order valence-electron chi connectivity index (χ3n) is 3.00. The van der Waals surface area contributed by atoms with Crippen LogP contribution >= 0.6 is 11.6 Å². The van der Waals surface area contributed by atoms with E-state index in [1.165, 1.54) is 19.2 Å². The van der Waals surface area contributed by atoms with Crippen molar-refractivity contribution in [2.45, 2.75) is 0 Å². The van der Waals surface area contributed by atoms with Crippen LogP contribution in [0.15, 0.2) is 48.5 Å². The third-order valence-corrected chi connectivity index (χ3v) is 3.24. The summed E-state index contributed by atoms with van der Waals surface area (Å²) in [6.45, 7) is 0. The summed E-state index contributed by atoms with van der Waals surface area (Å²) in [5, 5.41) is 9.10. The number of nitrogens with zero attached hydrogens (tertiary/aromatic N) is 2. The number of halogens is 1. The van der Waals surface area contributed by atoms with Gasteiger partial charge in [-0.25, -0.2) is 0 Å². The Balaban J connectivity index is 2.53. The third kappa shape index (κ3) is 3.10. The highest BCUT2D eigenvalue weighted by Gasteiger charge is 2.19. The molecule has 2 rings (SSSR count). The van der Waals surface area contributed by atoms with Crippen LogP contribution < -0.4 is 4.90 Å². The average molecular weight is 299 g/mol. The molecule has 2 aromatic rings. The largest absolute Gasteiger partial charge is 0.329 e. The van der Waals surface area contributed by atoms with Crippen LogP contribution in [-0.2, 0) is 4.79 Å². The Morgan fingerprint density at radius 2 is 1.81 bits per heavy atom. The van der Waals surface area contributed by atoms with Crippen molar-refractivity contribution in [2.24, 2.45) is 0 Å². The van der Waals surface area contributed by atoms with Gasteiger partial charge in [0, 0.05) is 23.2 Å². The number of carbonyl (C=O) groups is 2. The minimum absolute atomic E-state index is 0.259. The van der Waals surface area contributed by atoms with Crippen LogP contribution in [-0.4, -0.2) is 18.7 Å². The van der Waals surface area contributed by atoms with E-state index in [2.05, 4.69) is 0 Å². The molecule has 0 aliphatic rings. The molecule has 0 saturated carbocycles. The van der Waals surface area contributed by atoms with E-state index >= 15 is 0 Å². The molecule has 104 valence electrons. The first-order valence-corrected chi connectivity index (χ1v) is 6.49. The van der Waals surface area contributed by atoms with E-state index in [-0.39, 0.29) is 11.3 Å². The molecule has 0 aliphatic heterocycles. The van der Waals surface area contributed by atoms with Gasteiger partial charge in [-0.2, -0.15) is 5.26 Å². The second kappa shape index (κ2) is 6.21. The molecule has 21 heavy (non-hydrogen) atoms. The highest BCUT2D eigenvalue weighted by molar-refractivity contribution is 6.31. The summed E-state index contributed by atoms with van der Waals surface area (Å²) < 4.78 is 0. The molecule has 0 N–H and O–H groups in total. The van der Waals surface area contributed by atoms with Crippen LogP contribution in [0.3, 0.4) is 0 Å². The first-order chi connectivity index (χ1) is 10.0. The fourth-order valence-electron chi connectivity index (χ4n) is 1.91. The van der Waals surface area contributed by atoms with Crippen molar-refractivity contribution in [3.05, 3.63) is 64.7 Å². The van der Waals surface area contributed by atoms with Gasteiger partial charge in [-0.3, -0.25) is 9.59 Å². The quantitative estimate of drug-likeness (QED) is 0.646. The number of benzene rings is 2. The van der Waals surface area contributed by atoms with Gasteiger partial charge in [-0.15, -0.1) is 0 Å². The number of ketones is 1. The molecule has 0 saturated heterocycles. The zero-order valence-electron chi connectivity index (χ0n) is 11.2. The smallest absolute Gasteiger partial charge is 0.302 e. The minimum atomic E-state index is -0.751. The Hall–Kier alpha value is -2.64. The highest BCUT2D eigenvalue weighted by atomic mass is 35.5. The molecule has 5 heteroatoms. The predicted octanol–water partition coefficient (Wildman–Crippen LogP) is 3.06. The van der Waals surface area contributed by atoms with Gasteiger partial charge in [0.25, 0.3) is 0 Å². The molecule has 0 unspecified atom stereocenters. The van der Waals surface area contributed by atoms with E-state index in [0.29, 0.717) is 16.3 Å². The first kappa shape index (κ1) is 14.8. The second-order valence-electron chi connectivity index (χ2n) is 4.33. The molecule has 0 heterocycles. The Bertz CT molecular complexity index is 736. The van der Waals surface area contributed by atoms with Crippen LogP contribution in [0.2, 0.25) is 5.02 Å². The molecule has 0 bridgehead atoms. The Morgan fingerprint density at radius 1 is 1.14 bits per heavy atom. The molecule has 1 amide bonds. The van der Waals surface area contributed by atoms with Crippen molar-refractivity contribution in [3.63, 3.8) is 0 Å². The molecule has 0 aromatic heterocycles. The molecular formula is C16H11ClN2O2. The summed E-state index contributed by atoms with van der Waals surface area (Å²) in [7, 11) is 1.44. The predicted molar refractivity (Wildman–Crippen MR) is 80.3 cm³/mol. The Kier molecular flexibility index (Phi) is 4.36. The van der Waals surface area contributed by atoms with Crippen molar-refractivity contribution in [1.29, 1.82) is 5.26 Å². The topological polar surface area (TPSA) is 61.2 Å². The van der Waals surface area contributed by atoms with Gasteiger partial charge < -0.3 is 4.90 Å². The van der Waals surface area contributed by atoms with Crippen LogP contribution in [0.5, 0.6) is 0 Å². The number of carbonyl (C=O) groups excluding carboxylic acids is 2. The number of amides is 1. The van der Waals surface area contributed by atoms with E-state index in [9.17, 15) is 9.59 Å². The fourth-order valence-corrected chi connectivity index (χ4v) is 2.08. The maximum Gasteiger partial charge on any atom is 0.329 e. The summed E-state index contributed by atoms with van der Waals surface area (Å²) in [4.78, 5) is 25.2. The molecule has 0 spiro atoms. The van der Waals surface area contributed by atoms with Gasteiger partial charge in [0.05, 0.1) is 5.69 Å². The van der Waals surface area contributed by atoms with Crippen LogP contribution in [0, 0.1) is 11.3 Å². The summed E-state index contributed by atoms with van der Waals surface area (Å²) in [5.41, 5.74) is 1.11. The van der Waals surface area contributed by atoms with Crippen molar-refractivity contribution in [3.8, 4) is 6.07 Å². The molecule has 0 radical (unpaired) electrons. The molecule has 0 aliphatic carbocycles. The lowest BCUT2D eigenvalue weighted by molar-refractivity contribution is -0.113. The summed E-state index contributed by atoms with van der Waals surface area (Å²) in [5.74, 6) is -1.01. The lowest BCUT2D eigenvalue weighted by atomic mass is 10.0. The zero-order chi connectivity index (χ0) is 15.4. The minimum Gasteiger partial charge on any atom is -0.302 e. The standard InChI is InChI=1S/C16H11ClN2O2/c1-19(15(20)10-18)14-8-7-12(17)9-13(14)16(21)11-5-3-2-4-6-11/h2-9H,1H3. The summed E-state index contributed by atoms with van der Waals surface area (Å²) in [6, 6.07) is 14.8. The molecular weight excluding hydrogens is 288 g/mol. The van der Waals surface area contributed by atoms with Crippen LogP contribution in [0.25, 0.3) is 0 Å². The van der Waals surface area contributed by atoms with E-state index < -0.39 is 5.91 Å². The van der Waals surface area contributed by atoms with Crippen LogP contribution in [0.4, 0.5) is 5.69 Å².